The highest BCUT2D eigenvalue weighted by molar-refractivity contribution is 7.97. The first-order valence-electron chi connectivity index (χ1n) is 5.32. The molecule has 1 fully saturated rings. The van der Waals surface area contributed by atoms with Crippen LogP contribution in [0.5, 0.6) is 0 Å². The van der Waals surface area contributed by atoms with E-state index >= 15 is 0 Å². The van der Waals surface area contributed by atoms with Gasteiger partial charge in [-0.2, -0.15) is 11.8 Å². The molecule has 1 aliphatic rings. The van der Waals surface area contributed by atoms with E-state index < -0.39 is 5.54 Å². The van der Waals surface area contributed by atoms with Crippen molar-refractivity contribution in [3.63, 3.8) is 0 Å². The lowest BCUT2D eigenvalue weighted by molar-refractivity contribution is -0.118. The van der Waals surface area contributed by atoms with Crippen molar-refractivity contribution in [1.82, 2.24) is 0 Å². The number of hydrogen-bond donors (Lipinski definition) is 2. The number of halogens is 1. The standard InChI is InChI=1S/C12H16N2OS.ClH/c1-16-8-9-2-4-10(5-3-9)14-11(15)12(13)6-7-12;/h2-5H,6-8,13H2,1H3,(H,14,15);1H. The maximum absolute atomic E-state index is 11.7. The van der Waals surface area contributed by atoms with Crippen molar-refractivity contribution in [2.24, 2.45) is 5.73 Å². The summed E-state index contributed by atoms with van der Waals surface area (Å²) in [6.07, 6.45) is 3.66. The second-order valence-electron chi connectivity index (χ2n) is 4.24. The van der Waals surface area contributed by atoms with Gasteiger partial charge in [0, 0.05) is 11.4 Å². The fourth-order valence-corrected chi connectivity index (χ4v) is 1.99. The number of nitrogens with two attached hydrogens (primary N) is 1. The van der Waals surface area contributed by atoms with Crippen LogP contribution in [0.1, 0.15) is 18.4 Å². The molecular weight excluding hydrogens is 256 g/mol. The maximum Gasteiger partial charge on any atom is 0.244 e. The summed E-state index contributed by atoms with van der Waals surface area (Å²) in [6.45, 7) is 0. The number of hydrogen-bond acceptors (Lipinski definition) is 3. The predicted octanol–water partition coefficient (Wildman–Crippen LogP) is 2.40. The molecular formula is C12H17ClN2OS. The molecule has 3 N–H and O–H groups in total. The van der Waals surface area contributed by atoms with Crippen LogP contribution in [0.3, 0.4) is 0 Å². The minimum atomic E-state index is -0.599. The first-order chi connectivity index (χ1) is 7.64. The normalized spacial score (nSPS) is 15.9. The number of anilines is 1. The Morgan fingerprint density at radius 2 is 2.00 bits per heavy atom. The first-order valence-corrected chi connectivity index (χ1v) is 6.72. The van der Waals surface area contributed by atoms with E-state index in [4.69, 9.17) is 5.73 Å². The molecule has 0 heterocycles. The number of amides is 1. The van der Waals surface area contributed by atoms with Gasteiger partial charge in [0.15, 0.2) is 0 Å². The molecule has 1 aliphatic carbocycles. The van der Waals surface area contributed by atoms with Crippen LogP contribution in [0.15, 0.2) is 24.3 Å². The Bertz CT molecular complexity index is 390. The molecule has 1 amide bonds. The zero-order valence-corrected chi connectivity index (χ0v) is 11.4. The van der Waals surface area contributed by atoms with Gasteiger partial charge in [-0.25, -0.2) is 0 Å². The highest BCUT2D eigenvalue weighted by Crippen LogP contribution is 2.33. The Morgan fingerprint density at radius 3 is 2.47 bits per heavy atom. The molecule has 17 heavy (non-hydrogen) atoms. The summed E-state index contributed by atoms with van der Waals surface area (Å²) in [5, 5.41) is 2.84. The largest absolute Gasteiger partial charge is 0.324 e. The molecule has 94 valence electrons. The first kappa shape index (κ1) is 14.4. The number of carbonyl (C=O) groups excluding carboxylic acids is 1. The summed E-state index contributed by atoms with van der Waals surface area (Å²) in [6, 6.07) is 7.91. The maximum atomic E-state index is 11.7. The summed E-state index contributed by atoms with van der Waals surface area (Å²) >= 11 is 1.78. The van der Waals surface area contributed by atoms with Gasteiger partial charge in [-0.05, 0) is 36.8 Å². The monoisotopic (exact) mass is 272 g/mol. The van der Waals surface area contributed by atoms with Gasteiger partial charge in [-0.15, -0.1) is 12.4 Å². The van der Waals surface area contributed by atoms with E-state index in [-0.39, 0.29) is 18.3 Å². The summed E-state index contributed by atoms with van der Waals surface area (Å²) in [5.41, 5.74) is 7.29. The van der Waals surface area contributed by atoms with E-state index in [1.807, 2.05) is 24.3 Å². The van der Waals surface area contributed by atoms with Crippen molar-refractivity contribution in [2.75, 3.05) is 11.6 Å². The molecule has 1 aromatic rings. The molecule has 1 aromatic carbocycles. The number of thioether (sulfide) groups is 1. The molecule has 2 rings (SSSR count). The summed E-state index contributed by atoms with van der Waals surface area (Å²) in [7, 11) is 0. The number of nitrogens with one attached hydrogen (secondary N) is 1. The molecule has 0 spiro atoms. The van der Waals surface area contributed by atoms with Crippen LogP contribution < -0.4 is 11.1 Å². The van der Waals surface area contributed by atoms with Crippen molar-refractivity contribution >= 4 is 35.8 Å². The van der Waals surface area contributed by atoms with Gasteiger partial charge in [0.1, 0.15) is 0 Å². The Balaban J connectivity index is 0.00000144. The van der Waals surface area contributed by atoms with E-state index in [9.17, 15) is 4.79 Å². The van der Waals surface area contributed by atoms with Crippen molar-refractivity contribution in [1.29, 1.82) is 0 Å². The van der Waals surface area contributed by atoms with Crippen LogP contribution >= 0.6 is 24.2 Å². The van der Waals surface area contributed by atoms with Crippen LogP contribution in [0.2, 0.25) is 0 Å². The van der Waals surface area contributed by atoms with E-state index in [0.717, 1.165) is 24.3 Å². The van der Waals surface area contributed by atoms with E-state index in [1.165, 1.54) is 5.56 Å². The smallest absolute Gasteiger partial charge is 0.244 e. The topological polar surface area (TPSA) is 55.1 Å². The van der Waals surface area contributed by atoms with Gasteiger partial charge in [-0.3, -0.25) is 4.79 Å². The highest BCUT2D eigenvalue weighted by atomic mass is 35.5. The third kappa shape index (κ3) is 3.63. The molecule has 1 saturated carbocycles. The summed E-state index contributed by atoms with van der Waals surface area (Å²) < 4.78 is 0. The van der Waals surface area contributed by atoms with Crippen molar-refractivity contribution in [3.05, 3.63) is 29.8 Å². The molecule has 0 unspecified atom stereocenters. The van der Waals surface area contributed by atoms with Gasteiger partial charge in [0.2, 0.25) is 5.91 Å². The molecule has 0 aliphatic heterocycles. The van der Waals surface area contributed by atoms with Gasteiger partial charge in [0.05, 0.1) is 5.54 Å². The molecule has 3 nitrogen and oxygen atoms in total. The molecule has 0 radical (unpaired) electrons. The lowest BCUT2D eigenvalue weighted by atomic mass is 10.2. The number of benzene rings is 1. The van der Waals surface area contributed by atoms with E-state index in [0.29, 0.717) is 0 Å². The third-order valence-electron chi connectivity index (χ3n) is 2.76. The van der Waals surface area contributed by atoms with Crippen LogP contribution in [0.25, 0.3) is 0 Å². The Hall–Kier alpha value is -0.710. The molecule has 0 aromatic heterocycles. The van der Waals surface area contributed by atoms with Gasteiger partial charge >= 0.3 is 0 Å². The Labute approximate surface area is 112 Å². The Morgan fingerprint density at radius 1 is 1.41 bits per heavy atom. The van der Waals surface area contributed by atoms with Gasteiger partial charge in [0.25, 0.3) is 0 Å². The quantitative estimate of drug-likeness (QED) is 0.885. The molecule has 0 atom stereocenters. The van der Waals surface area contributed by atoms with Crippen LogP contribution in [-0.2, 0) is 10.5 Å². The SMILES string of the molecule is CSCc1ccc(NC(=O)C2(N)CC2)cc1.Cl. The summed E-state index contributed by atoms with van der Waals surface area (Å²) in [5.74, 6) is 0.930. The van der Waals surface area contributed by atoms with Crippen LogP contribution in [0.4, 0.5) is 5.69 Å². The lowest BCUT2D eigenvalue weighted by Crippen LogP contribution is -2.37. The zero-order valence-electron chi connectivity index (χ0n) is 9.73. The fourth-order valence-electron chi connectivity index (χ4n) is 1.47. The zero-order chi connectivity index (χ0) is 11.6. The van der Waals surface area contributed by atoms with Gasteiger partial charge in [-0.1, -0.05) is 12.1 Å². The van der Waals surface area contributed by atoms with Crippen molar-refractivity contribution in [3.8, 4) is 0 Å². The minimum absolute atomic E-state index is 0. The third-order valence-corrected chi connectivity index (χ3v) is 3.39. The van der Waals surface area contributed by atoms with E-state index in [1.54, 1.807) is 11.8 Å². The fraction of sp³-hybridized carbons (Fsp3) is 0.417. The molecule has 0 saturated heterocycles. The van der Waals surface area contributed by atoms with Crippen LogP contribution in [0, 0.1) is 0 Å². The van der Waals surface area contributed by atoms with Crippen molar-refractivity contribution < 1.29 is 4.79 Å². The van der Waals surface area contributed by atoms with E-state index in [2.05, 4.69) is 11.6 Å². The summed E-state index contributed by atoms with van der Waals surface area (Å²) in [4.78, 5) is 11.7. The Kier molecular flexibility index (Phi) is 4.86. The number of carbonyl (C=O) groups is 1. The minimum Gasteiger partial charge on any atom is -0.324 e. The predicted molar refractivity (Wildman–Crippen MR) is 75.7 cm³/mol. The van der Waals surface area contributed by atoms with Crippen LogP contribution in [-0.4, -0.2) is 17.7 Å². The second-order valence-corrected chi connectivity index (χ2v) is 5.11. The average molecular weight is 273 g/mol. The molecule has 5 heteroatoms. The van der Waals surface area contributed by atoms with Gasteiger partial charge < -0.3 is 11.1 Å². The lowest BCUT2D eigenvalue weighted by Gasteiger charge is -2.10. The highest BCUT2D eigenvalue weighted by Gasteiger charge is 2.45. The van der Waals surface area contributed by atoms with Crippen molar-refractivity contribution in [2.45, 2.75) is 24.1 Å². The molecule has 0 bridgehead atoms. The second kappa shape index (κ2) is 5.76. The number of rotatable bonds is 4. The average Bonchev–Trinajstić information content (AvgIpc) is 3.01.